The van der Waals surface area contributed by atoms with Crippen LogP contribution in [0.3, 0.4) is 0 Å². The largest absolute Gasteiger partial charge is 0.484 e. The Morgan fingerprint density at radius 2 is 2.19 bits per heavy atom. The van der Waals surface area contributed by atoms with Crippen LogP contribution in [0.1, 0.15) is 30.1 Å². The van der Waals surface area contributed by atoms with Gasteiger partial charge in [-0.3, -0.25) is 14.4 Å². The number of nitrogens with zero attached hydrogens (tertiary/aromatic N) is 3. The molecule has 0 aliphatic carbocycles. The van der Waals surface area contributed by atoms with E-state index in [2.05, 4.69) is 28.4 Å². The first-order chi connectivity index (χ1) is 12.5. The molecule has 0 spiro atoms. The van der Waals surface area contributed by atoms with Gasteiger partial charge in [0, 0.05) is 19.8 Å². The number of aryl methyl sites for hydroxylation is 2. The summed E-state index contributed by atoms with van der Waals surface area (Å²) >= 11 is 0. The highest BCUT2D eigenvalue weighted by Crippen LogP contribution is 2.34. The molecule has 0 radical (unpaired) electrons. The first kappa shape index (κ1) is 18.5. The van der Waals surface area contributed by atoms with Crippen LogP contribution < -0.4 is 10.1 Å². The normalized spacial score (nSPS) is 20.7. The Morgan fingerprint density at radius 3 is 2.92 bits per heavy atom. The van der Waals surface area contributed by atoms with E-state index in [9.17, 15) is 4.79 Å². The van der Waals surface area contributed by atoms with Crippen molar-refractivity contribution in [1.82, 2.24) is 20.0 Å². The van der Waals surface area contributed by atoms with Crippen molar-refractivity contribution in [1.29, 1.82) is 0 Å². The van der Waals surface area contributed by atoms with E-state index in [1.54, 1.807) is 0 Å². The topological polar surface area (TPSA) is 59.4 Å². The third kappa shape index (κ3) is 4.43. The third-order valence-corrected chi connectivity index (χ3v) is 5.09. The van der Waals surface area contributed by atoms with Crippen molar-refractivity contribution in [3.63, 3.8) is 0 Å². The summed E-state index contributed by atoms with van der Waals surface area (Å²) in [7, 11) is 4.12. The Hall–Kier alpha value is -2.34. The van der Waals surface area contributed by atoms with E-state index in [-0.39, 0.29) is 18.6 Å². The lowest BCUT2D eigenvalue weighted by molar-refractivity contribution is -0.123. The molecule has 26 heavy (non-hydrogen) atoms. The summed E-state index contributed by atoms with van der Waals surface area (Å²) in [4.78, 5) is 14.6. The van der Waals surface area contributed by atoms with E-state index in [1.165, 1.54) is 5.69 Å². The summed E-state index contributed by atoms with van der Waals surface area (Å²) < 4.78 is 7.52. The highest BCUT2D eigenvalue weighted by atomic mass is 16.5. The Kier molecular flexibility index (Phi) is 5.93. The molecule has 3 rings (SSSR count). The zero-order valence-corrected chi connectivity index (χ0v) is 15.8. The van der Waals surface area contributed by atoms with Gasteiger partial charge in [-0.1, -0.05) is 12.1 Å². The highest BCUT2D eigenvalue weighted by Gasteiger charge is 2.32. The molecule has 1 N–H and O–H groups in total. The van der Waals surface area contributed by atoms with Gasteiger partial charge in [0.25, 0.3) is 5.91 Å². The number of nitrogens with one attached hydrogen (secondary N) is 1. The number of hydrogen-bond donors (Lipinski definition) is 1. The van der Waals surface area contributed by atoms with Crippen molar-refractivity contribution in [2.75, 3.05) is 26.7 Å². The Morgan fingerprint density at radius 1 is 1.35 bits per heavy atom. The maximum Gasteiger partial charge on any atom is 0.257 e. The average molecular weight is 356 g/mol. The maximum absolute atomic E-state index is 12.2. The van der Waals surface area contributed by atoms with E-state index in [0.717, 1.165) is 30.7 Å². The van der Waals surface area contributed by atoms with Gasteiger partial charge in [-0.25, -0.2) is 0 Å². The zero-order chi connectivity index (χ0) is 18.5. The van der Waals surface area contributed by atoms with Crippen molar-refractivity contribution in [2.45, 2.75) is 25.8 Å². The molecule has 1 aliphatic heterocycles. The smallest absolute Gasteiger partial charge is 0.257 e. The number of ether oxygens (including phenoxy) is 1. The first-order valence-corrected chi connectivity index (χ1v) is 9.19. The lowest BCUT2D eigenvalue weighted by Gasteiger charge is -2.39. The molecule has 1 aromatic carbocycles. The van der Waals surface area contributed by atoms with Crippen molar-refractivity contribution in [3.05, 3.63) is 47.8 Å². The predicted octanol–water partition coefficient (Wildman–Crippen LogP) is 2.31. The first-order valence-electron chi connectivity index (χ1n) is 9.19. The molecule has 1 saturated heterocycles. The van der Waals surface area contributed by atoms with Gasteiger partial charge >= 0.3 is 0 Å². The molecule has 140 valence electrons. The summed E-state index contributed by atoms with van der Waals surface area (Å²) in [5.41, 5.74) is 2.31. The second kappa shape index (κ2) is 8.36. The standard InChI is InChI=1S/C20H28N4O2/c1-15-6-4-8-17(12-15)26-14-19(25)21-13-16-7-5-11-23(2)20(16)18-9-10-22-24(18)3/h4,6,8-10,12,16,20H,5,7,11,13-14H2,1-3H3,(H,21,25)/t16-,20+/m0/s1. The van der Waals surface area contributed by atoms with Crippen LogP contribution in [-0.2, 0) is 11.8 Å². The second-order valence-electron chi connectivity index (χ2n) is 7.12. The van der Waals surface area contributed by atoms with E-state index >= 15 is 0 Å². The van der Waals surface area contributed by atoms with Gasteiger partial charge in [0.15, 0.2) is 6.61 Å². The number of carbonyl (C=O) groups excluding carboxylic acids is 1. The van der Waals surface area contributed by atoms with Crippen molar-refractivity contribution >= 4 is 5.91 Å². The minimum Gasteiger partial charge on any atom is -0.484 e. The van der Waals surface area contributed by atoms with Crippen molar-refractivity contribution in [3.8, 4) is 5.75 Å². The predicted molar refractivity (Wildman–Crippen MR) is 101 cm³/mol. The maximum atomic E-state index is 12.2. The Balaban J connectivity index is 1.55. The van der Waals surface area contributed by atoms with Crippen LogP contribution in [0.5, 0.6) is 5.75 Å². The lowest BCUT2D eigenvalue weighted by Crippen LogP contribution is -2.43. The summed E-state index contributed by atoms with van der Waals surface area (Å²) in [5, 5.41) is 7.36. The molecule has 0 unspecified atom stereocenters. The molecule has 6 heteroatoms. The number of benzene rings is 1. The van der Waals surface area contributed by atoms with Crippen LogP contribution in [0, 0.1) is 12.8 Å². The average Bonchev–Trinajstić information content (AvgIpc) is 3.04. The molecular weight excluding hydrogens is 328 g/mol. The van der Waals surface area contributed by atoms with Gasteiger partial charge < -0.3 is 10.1 Å². The Labute approximate surface area is 155 Å². The number of aromatic nitrogens is 2. The van der Waals surface area contributed by atoms with Crippen LogP contribution in [-0.4, -0.2) is 47.3 Å². The zero-order valence-electron chi connectivity index (χ0n) is 15.8. The summed E-state index contributed by atoms with van der Waals surface area (Å²) in [6.45, 7) is 3.76. The number of hydrogen-bond acceptors (Lipinski definition) is 4. The molecule has 0 bridgehead atoms. The summed E-state index contributed by atoms with van der Waals surface area (Å²) in [6, 6.07) is 10.1. The molecule has 6 nitrogen and oxygen atoms in total. The number of amides is 1. The number of likely N-dealkylation sites (tertiary alicyclic amines) is 1. The monoisotopic (exact) mass is 356 g/mol. The molecule has 2 aromatic rings. The fourth-order valence-electron chi connectivity index (χ4n) is 3.76. The minimum absolute atomic E-state index is 0.0440. The van der Waals surface area contributed by atoms with Crippen LogP contribution in [0.2, 0.25) is 0 Å². The van der Waals surface area contributed by atoms with Gasteiger partial charge in [-0.05, 0) is 63.0 Å². The van der Waals surface area contributed by atoms with Gasteiger partial charge in [0.05, 0.1) is 11.7 Å². The van der Waals surface area contributed by atoms with Gasteiger partial charge in [-0.15, -0.1) is 0 Å². The number of rotatable bonds is 6. The third-order valence-electron chi connectivity index (χ3n) is 5.09. The van der Waals surface area contributed by atoms with Gasteiger partial charge in [0.1, 0.15) is 5.75 Å². The lowest BCUT2D eigenvalue weighted by atomic mass is 9.87. The van der Waals surface area contributed by atoms with Crippen LogP contribution >= 0.6 is 0 Å². The number of piperidine rings is 1. The Bertz CT molecular complexity index is 743. The van der Waals surface area contributed by atoms with Crippen LogP contribution in [0.25, 0.3) is 0 Å². The summed E-state index contributed by atoms with van der Waals surface area (Å²) in [5.74, 6) is 1.01. The van der Waals surface area contributed by atoms with Crippen molar-refractivity contribution < 1.29 is 9.53 Å². The second-order valence-corrected chi connectivity index (χ2v) is 7.12. The van der Waals surface area contributed by atoms with Crippen LogP contribution in [0.15, 0.2) is 36.5 Å². The van der Waals surface area contributed by atoms with E-state index < -0.39 is 0 Å². The van der Waals surface area contributed by atoms with Crippen molar-refractivity contribution in [2.24, 2.45) is 13.0 Å². The van der Waals surface area contributed by atoms with E-state index in [0.29, 0.717) is 12.5 Å². The molecule has 2 heterocycles. The fourth-order valence-corrected chi connectivity index (χ4v) is 3.76. The fraction of sp³-hybridized carbons (Fsp3) is 0.500. The molecule has 1 aromatic heterocycles. The highest BCUT2D eigenvalue weighted by molar-refractivity contribution is 5.77. The van der Waals surface area contributed by atoms with E-state index in [4.69, 9.17) is 4.74 Å². The molecule has 1 aliphatic rings. The quantitative estimate of drug-likeness (QED) is 0.863. The van der Waals surface area contributed by atoms with Crippen LogP contribution in [0.4, 0.5) is 0 Å². The molecule has 1 amide bonds. The SMILES string of the molecule is Cc1cccc(OCC(=O)NC[C@@H]2CCCN(C)[C@H]2c2ccnn2C)c1. The number of carbonyl (C=O) groups is 1. The molecule has 2 atom stereocenters. The summed E-state index contributed by atoms with van der Waals surface area (Å²) in [6.07, 6.45) is 4.08. The molecule has 1 fully saturated rings. The van der Waals surface area contributed by atoms with Gasteiger partial charge in [-0.2, -0.15) is 5.10 Å². The molecule has 0 saturated carbocycles. The van der Waals surface area contributed by atoms with E-state index in [1.807, 2.05) is 49.1 Å². The van der Waals surface area contributed by atoms with Gasteiger partial charge in [0.2, 0.25) is 0 Å². The minimum atomic E-state index is -0.0801. The molecular formula is C20H28N4O2.